The van der Waals surface area contributed by atoms with E-state index in [1.165, 1.54) is 42.3 Å². The van der Waals surface area contributed by atoms with Gasteiger partial charge in [0.15, 0.2) is 5.82 Å². The highest BCUT2D eigenvalue weighted by molar-refractivity contribution is 7.13. The number of carbonyl (C=O) groups excluding carboxylic acids is 1. The Morgan fingerprint density at radius 3 is 2.65 bits per heavy atom. The Morgan fingerprint density at radius 1 is 1.30 bits per heavy atom. The molecule has 0 N–H and O–H groups in total. The number of amides is 1. The Bertz CT molecular complexity index is 815. The summed E-state index contributed by atoms with van der Waals surface area (Å²) in [4.78, 5) is 22.2. The zero-order chi connectivity index (χ0) is 16.4. The number of thiophene rings is 1. The number of benzene rings is 1. The van der Waals surface area contributed by atoms with Crippen molar-refractivity contribution in [2.24, 2.45) is 0 Å². The molecule has 2 heterocycles. The summed E-state index contributed by atoms with van der Waals surface area (Å²) in [6.45, 7) is 0. The maximum atomic E-state index is 13.1. The van der Waals surface area contributed by atoms with Crippen LogP contribution in [-0.2, 0) is 4.84 Å². The average molecular weight is 332 g/mol. The molecular formula is C15H13FN4O2S. The van der Waals surface area contributed by atoms with E-state index in [0.717, 1.165) is 9.94 Å². The van der Waals surface area contributed by atoms with Crippen LogP contribution >= 0.6 is 11.3 Å². The fourth-order valence-corrected chi connectivity index (χ4v) is 2.65. The van der Waals surface area contributed by atoms with E-state index in [1.807, 2.05) is 17.5 Å². The lowest BCUT2D eigenvalue weighted by Gasteiger charge is -2.10. The fourth-order valence-electron chi connectivity index (χ4n) is 1.95. The molecule has 0 saturated carbocycles. The predicted octanol–water partition coefficient (Wildman–Crippen LogP) is 2.77. The maximum Gasteiger partial charge on any atom is 0.316 e. The minimum Gasteiger partial charge on any atom is -0.274 e. The molecular weight excluding hydrogens is 319 g/mol. The second-order valence-corrected chi connectivity index (χ2v) is 5.56. The molecule has 2 aromatic heterocycles. The molecule has 1 aromatic carbocycles. The van der Waals surface area contributed by atoms with Crippen molar-refractivity contribution in [1.82, 2.24) is 19.8 Å². The van der Waals surface area contributed by atoms with Crippen LogP contribution in [0, 0.1) is 5.82 Å². The first-order chi connectivity index (χ1) is 11.1. The number of hydrogen-bond acceptors (Lipinski definition) is 5. The van der Waals surface area contributed by atoms with Crippen LogP contribution in [-0.4, -0.2) is 39.9 Å². The van der Waals surface area contributed by atoms with Gasteiger partial charge in [-0.1, -0.05) is 6.07 Å². The quantitative estimate of drug-likeness (QED) is 0.689. The van der Waals surface area contributed by atoms with Crippen molar-refractivity contribution in [2.45, 2.75) is 0 Å². The van der Waals surface area contributed by atoms with Crippen LogP contribution in [0.2, 0.25) is 0 Å². The summed E-state index contributed by atoms with van der Waals surface area (Å²) >= 11 is 1.47. The van der Waals surface area contributed by atoms with Gasteiger partial charge in [-0.05, 0) is 35.7 Å². The van der Waals surface area contributed by atoms with Crippen molar-refractivity contribution in [1.29, 1.82) is 0 Å². The summed E-state index contributed by atoms with van der Waals surface area (Å²) in [6, 6.07) is 9.58. The highest BCUT2D eigenvalue weighted by Gasteiger charge is 2.22. The number of carbonyl (C=O) groups is 1. The number of halogens is 1. The van der Waals surface area contributed by atoms with Crippen molar-refractivity contribution in [3.8, 4) is 16.4 Å². The molecule has 118 valence electrons. The summed E-state index contributed by atoms with van der Waals surface area (Å²) in [5.41, 5.74) is 0.612. The third-order valence-electron chi connectivity index (χ3n) is 3.17. The Hall–Kier alpha value is -2.58. The largest absolute Gasteiger partial charge is 0.316 e. The van der Waals surface area contributed by atoms with Gasteiger partial charge in [-0.3, -0.25) is 9.63 Å². The van der Waals surface area contributed by atoms with Crippen molar-refractivity contribution in [3.63, 3.8) is 0 Å². The molecule has 6 nitrogen and oxygen atoms in total. The Labute approximate surface area is 135 Å². The predicted molar refractivity (Wildman–Crippen MR) is 83.7 cm³/mol. The molecule has 3 rings (SSSR count). The third-order valence-corrected chi connectivity index (χ3v) is 4.04. The van der Waals surface area contributed by atoms with E-state index in [2.05, 4.69) is 10.1 Å². The molecule has 0 aliphatic heterocycles. The lowest BCUT2D eigenvalue weighted by Crippen LogP contribution is -2.26. The van der Waals surface area contributed by atoms with E-state index < -0.39 is 5.91 Å². The lowest BCUT2D eigenvalue weighted by molar-refractivity contribution is -0.0764. The molecule has 23 heavy (non-hydrogen) atoms. The standard InChI is InChI=1S/C15H13FN4O2S/c1-19(22-2)15(21)13-17-14(12-4-3-9-23-12)20(18-13)11-7-5-10(16)6-8-11/h3-9H,1-2H3. The number of hydroxylamine groups is 2. The van der Waals surface area contributed by atoms with Gasteiger partial charge in [0.25, 0.3) is 0 Å². The third kappa shape index (κ3) is 2.99. The molecule has 3 aromatic rings. The van der Waals surface area contributed by atoms with Crippen LogP contribution < -0.4 is 0 Å². The molecule has 0 aliphatic carbocycles. The van der Waals surface area contributed by atoms with Crippen molar-refractivity contribution >= 4 is 17.2 Å². The molecule has 0 bridgehead atoms. The van der Waals surface area contributed by atoms with E-state index >= 15 is 0 Å². The first-order valence-corrected chi connectivity index (χ1v) is 7.57. The summed E-state index contributed by atoms with van der Waals surface area (Å²) in [6.07, 6.45) is 0. The lowest BCUT2D eigenvalue weighted by atomic mass is 10.3. The second kappa shape index (κ2) is 6.27. The molecule has 0 fully saturated rings. The monoisotopic (exact) mass is 332 g/mol. The van der Waals surface area contributed by atoms with Gasteiger partial charge in [-0.2, -0.15) is 0 Å². The Morgan fingerprint density at radius 2 is 2.04 bits per heavy atom. The van der Waals surface area contributed by atoms with Crippen molar-refractivity contribution in [2.75, 3.05) is 14.2 Å². The number of nitrogens with zero attached hydrogens (tertiary/aromatic N) is 4. The number of rotatable bonds is 4. The van der Waals surface area contributed by atoms with Gasteiger partial charge < -0.3 is 0 Å². The first kappa shape index (κ1) is 15.3. The van der Waals surface area contributed by atoms with Crippen LogP contribution in [0.1, 0.15) is 10.6 Å². The van der Waals surface area contributed by atoms with Crippen molar-refractivity contribution in [3.05, 3.63) is 53.4 Å². The van der Waals surface area contributed by atoms with Crippen LogP contribution in [0.15, 0.2) is 41.8 Å². The minimum absolute atomic E-state index is 0.00192. The van der Waals surface area contributed by atoms with Crippen LogP contribution in [0.25, 0.3) is 16.4 Å². The number of hydrogen-bond donors (Lipinski definition) is 0. The number of aromatic nitrogens is 3. The fraction of sp³-hybridized carbons (Fsp3) is 0.133. The highest BCUT2D eigenvalue weighted by Crippen LogP contribution is 2.25. The van der Waals surface area contributed by atoms with E-state index in [1.54, 1.807) is 12.1 Å². The summed E-state index contributed by atoms with van der Waals surface area (Å²) in [7, 11) is 2.86. The van der Waals surface area contributed by atoms with Crippen molar-refractivity contribution < 1.29 is 14.0 Å². The normalized spacial score (nSPS) is 10.7. The molecule has 0 atom stereocenters. The van der Waals surface area contributed by atoms with Gasteiger partial charge in [0.1, 0.15) is 5.82 Å². The van der Waals surface area contributed by atoms with Gasteiger partial charge in [-0.25, -0.2) is 19.1 Å². The topological polar surface area (TPSA) is 60.2 Å². The molecule has 0 unspecified atom stereocenters. The van der Waals surface area contributed by atoms with Crippen LogP contribution in [0.4, 0.5) is 4.39 Å². The molecule has 0 aliphatic rings. The molecule has 8 heteroatoms. The minimum atomic E-state index is -0.467. The summed E-state index contributed by atoms with van der Waals surface area (Å²) in [5.74, 6) is -0.297. The second-order valence-electron chi connectivity index (χ2n) is 4.61. The Balaban J connectivity index is 2.11. The zero-order valence-electron chi connectivity index (χ0n) is 12.4. The zero-order valence-corrected chi connectivity index (χ0v) is 13.2. The van der Waals surface area contributed by atoms with Gasteiger partial charge >= 0.3 is 5.91 Å². The van der Waals surface area contributed by atoms with E-state index in [0.29, 0.717) is 11.5 Å². The van der Waals surface area contributed by atoms with E-state index in [4.69, 9.17) is 4.84 Å². The van der Waals surface area contributed by atoms with E-state index in [9.17, 15) is 9.18 Å². The smallest absolute Gasteiger partial charge is 0.274 e. The maximum absolute atomic E-state index is 13.1. The SMILES string of the molecule is CON(C)C(=O)c1nc(-c2cccs2)n(-c2ccc(F)cc2)n1. The highest BCUT2D eigenvalue weighted by atomic mass is 32.1. The van der Waals surface area contributed by atoms with Gasteiger partial charge in [-0.15, -0.1) is 16.4 Å². The molecule has 0 spiro atoms. The molecule has 0 saturated heterocycles. The van der Waals surface area contributed by atoms with Gasteiger partial charge in [0, 0.05) is 7.05 Å². The molecule has 1 amide bonds. The summed E-state index contributed by atoms with van der Waals surface area (Å²) in [5, 5.41) is 7.20. The first-order valence-electron chi connectivity index (χ1n) is 6.69. The molecule has 0 radical (unpaired) electrons. The van der Waals surface area contributed by atoms with E-state index in [-0.39, 0.29) is 11.6 Å². The average Bonchev–Trinajstić information content (AvgIpc) is 3.23. The van der Waals surface area contributed by atoms with Crippen LogP contribution in [0.5, 0.6) is 0 Å². The van der Waals surface area contributed by atoms with Gasteiger partial charge in [0.2, 0.25) is 5.82 Å². The van der Waals surface area contributed by atoms with Gasteiger partial charge in [0.05, 0.1) is 17.7 Å². The Kier molecular flexibility index (Phi) is 4.18. The van der Waals surface area contributed by atoms with Crippen LogP contribution in [0.3, 0.4) is 0 Å². The summed E-state index contributed by atoms with van der Waals surface area (Å²) < 4.78 is 14.7.